The summed E-state index contributed by atoms with van der Waals surface area (Å²) in [6, 6.07) is 21.8. The second-order valence-electron chi connectivity index (χ2n) is 8.24. The van der Waals surface area contributed by atoms with Gasteiger partial charge in [0.15, 0.2) is 0 Å². The van der Waals surface area contributed by atoms with Crippen LogP contribution in [0.3, 0.4) is 0 Å². The zero-order valence-corrected chi connectivity index (χ0v) is 18.4. The summed E-state index contributed by atoms with van der Waals surface area (Å²) < 4.78 is 0. The lowest BCUT2D eigenvalue weighted by Gasteiger charge is -2.21. The van der Waals surface area contributed by atoms with Gasteiger partial charge in [-0.2, -0.15) is 0 Å². The van der Waals surface area contributed by atoms with Crippen LogP contribution < -0.4 is 21.3 Å². The van der Waals surface area contributed by atoms with Gasteiger partial charge in [-0.25, -0.2) is 0 Å². The molecule has 3 aromatic carbocycles. The molecule has 4 rings (SSSR count). The fourth-order valence-corrected chi connectivity index (χ4v) is 4.08. The molecule has 1 heterocycles. The number of hydrogen-bond acceptors (Lipinski definition) is 4. The highest BCUT2D eigenvalue weighted by Crippen LogP contribution is 2.23. The van der Waals surface area contributed by atoms with Crippen LogP contribution in [0.4, 0.5) is 0 Å². The van der Waals surface area contributed by atoms with Crippen molar-refractivity contribution in [3.63, 3.8) is 0 Å². The van der Waals surface area contributed by atoms with E-state index in [0.29, 0.717) is 32.6 Å². The van der Waals surface area contributed by atoms with Crippen molar-refractivity contribution in [1.29, 1.82) is 0 Å². The third-order valence-electron chi connectivity index (χ3n) is 5.96. The van der Waals surface area contributed by atoms with Gasteiger partial charge in [0.2, 0.25) is 11.8 Å². The van der Waals surface area contributed by atoms with Gasteiger partial charge in [0, 0.05) is 26.2 Å². The van der Waals surface area contributed by atoms with Crippen LogP contribution >= 0.6 is 0 Å². The Labute approximate surface area is 188 Å². The summed E-state index contributed by atoms with van der Waals surface area (Å²) in [6.45, 7) is 3.84. The fraction of sp³-hybridized carbons (Fsp3) is 0.308. The van der Waals surface area contributed by atoms with Crippen molar-refractivity contribution in [2.75, 3.05) is 13.1 Å². The monoisotopic (exact) mass is 430 g/mol. The summed E-state index contributed by atoms with van der Waals surface area (Å²) in [5.74, 6) is -0.145. The van der Waals surface area contributed by atoms with Crippen molar-refractivity contribution in [3.05, 3.63) is 83.4 Å². The standard InChI is InChI=1S/C26H30N4O2/c1-18-25(31)27-13-14-28-26(32)24(15-19-7-3-2-4-8-19)30-17-21-12-11-20(16-29-18)22-9-5-6-10-23(21)22/h2-12,18,24,29-30H,13-17H2,1H3,(H,27,31)(H,28,32)/t18-,24-/m0/s1. The molecule has 0 fully saturated rings. The van der Waals surface area contributed by atoms with Gasteiger partial charge >= 0.3 is 0 Å². The topological polar surface area (TPSA) is 82.3 Å². The van der Waals surface area contributed by atoms with E-state index in [2.05, 4.69) is 45.5 Å². The Bertz CT molecular complexity index is 1080. The molecule has 0 aromatic heterocycles. The number of hydrogen-bond donors (Lipinski definition) is 4. The Morgan fingerprint density at radius 3 is 1.94 bits per heavy atom. The summed E-state index contributed by atoms with van der Waals surface area (Å²) in [4.78, 5) is 25.4. The van der Waals surface area contributed by atoms with Crippen molar-refractivity contribution in [1.82, 2.24) is 21.3 Å². The van der Waals surface area contributed by atoms with Crippen molar-refractivity contribution >= 4 is 22.6 Å². The highest BCUT2D eigenvalue weighted by molar-refractivity contribution is 5.89. The van der Waals surface area contributed by atoms with E-state index < -0.39 is 0 Å². The molecule has 0 radical (unpaired) electrons. The maximum Gasteiger partial charge on any atom is 0.237 e. The van der Waals surface area contributed by atoms with E-state index >= 15 is 0 Å². The molecule has 0 saturated carbocycles. The molecule has 6 nitrogen and oxygen atoms in total. The predicted octanol–water partition coefficient (Wildman–Crippen LogP) is 2.26. The van der Waals surface area contributed by atoms with Gasteiger partial charge in [-0.1, -0.05) is 66.7 Å². The molecule has 3 aromatic rings. The van der Waals surface area contributed by atoms with Crippen molar-refractivity contribution in [3.8, 4) is 0 Å². The van der Waals surface area contributed by atoms with E-state index in [4.69, 9.17) is 0 Å². The smallest absolute Gasteiger partial charge is 0.237 e. The average Bonchev–Trinajstić information content (AvgIpc) is 2.83. The Hall–Kier alpha value is -3.22. The molecule has 2 amide bonds. The summed E-state index contributed by atoms with van der Waals surface area (Å²) in [6.07, 6.45) is 0.593. The van der Waals surface area contributed by atoms with Crippen LogP contribution in [0, 0.1) is 0 Å². The molecule has 0 spiro atoms. The maximum atomic E-state index is 13.0. The number of amides is 2. The molecular formula is C26H30N4O2. The average molecular weight is 431 g/mol. The zero-order chi connectivity index (χ0) is 22.3. The molecule has 1 aliphatic heterocycles. The lowest BCUT2D eigenvalue weighted by atomic mass is 9.98. The first-order valence-corrected chi connectivity index (χ1v) is 11.2. The maximum absolute atomic E-state index is 13.0. The molecule has 2 bridgehead atoms. The van der Waals surface area contributed by atoms with Gasteiger partial charge in [0.25, 0.3) is 0 Å². The van der Waals surface area contributed by atoms with Gasteiger partial charge in [0.05, 0.1) is 12.1 Å². The largest absolute Gasteiger partial charge is 0.353 e. The minimum Gasteiger partial charge on any atom is -0.353 e. The Morgan fingerprint density at radius 1 is 0.719 bits per heavy atom. The van der Waals surface area contributed by atoms with E-state index in [1.54, 1.807) is 0 Å². The fourth-order valence-electron chi connectivity index (χ4n) is 4.08. The van der Waals surface area contributed by atoms with E-state index in [0.717, 1.165) is 27.5 Å². The molecular weight excluding hydrogens is 400 g/mol. The van der Waals surface area contributed by atoms with Gasteiger partial charge in [-0.15, -0.1) is 0 Å². The molecule has 0 aliphatic carbocycles. The molecule has 2 atom stereocenters. The SMILES string of the molecule is C[C@@H]1NCc2ccc(c3ccccc23)CN[C@@H](Cc2ccccc2)C(=O)NCCNC1=O. The Kier molecular flexibility index (Phi) is 7.14. The second kappa shape index (κ2) is 10.4. The van der Waals surface area contributed by atoms with Gasteiger partial charge < -0.3 is 21.3 Å². The first kappa shape index (κ1) is 22.0. The summed E-state index contributed by atoms with van der Waals surface area (Å²) in [5.41, 5.74) is 3.39. The number of carbonyl (C=O) groups excluding carboxylic acids is 2. The van der Waals surface area contributed by atoms with Crippen LogP contribution in [0.15, 0.2) is 66.7 Å². The van der Waals surface area contributed by atoms with E-state index in [1.807, 2.05) is 49.4 Å². The summed E-state index contributed by atoms with van der Waals surface area (Å²) in [7, 11) is 0. The van der Waals surface area contributed by atoms with Crippen LogP contribution in [0.2, 0.25) is 0 Å². The Balaban J connectivity index is 1.64. The third kappa shape index (κ3) is 5.33. The molecule has 0 saturated heterocycles. The van der Waals surface area contributed by atoms with Crippen LogP contribution in [0.5, 0.6) is 0 Å². The number of benzene rings is 3. The summed E-state index contributed by atoms with van der Waals surface area (Å²) >= 11 is 0. The molecule has 166 valence electrons. The number of rotatable bonds is 2. The van der Waals surface area contributed by atoms with E-state index in [-0.39, 0.29) is 23.9 Å². The highest BCUT2D eigenvalue weighted by atomic mass is 16.2. The zero-order valence-electron chi connectivity index (χ0n) is 18.4. The molecule has 1 aliphatic rings. The number of carbonyl (C=O) groups is 2. The minimum atomic E-state index is -0.375. The Morgan fingerprint density at radius 2 is 1.28 bits per heavy atom. The second-order valence-corrected chi connectivity index (χ2v) is 8.24. The molecule has 32 heavy (non-hydrogen) atoms. The van der Waals surface area contributed by atoms with Gasteiger partial charge in [-0.3, -0.25) is 9.59 Å². The van der Waals surface area contributed by atoms with Gasteiger partial charge in [0.1, 0.15) is 0 Å². The number of nitrogens with one attached hydrogen (secondary N) is 4. The minimum absolute atomic E-state index is 0.0673. The van der Waals surface area contributed by atoms with Crippen molar-refractivity contribution < 1.29 is 9.59 Å². The first-order chi connectivity index (χ1) is 15.6. The first-order valence-electron chi connectivity index (χ1n) is 11.2. The van der Waals surface area contributed by atoms with E-state index in [1.165, 1.54) is 0 Å². The lowest BCUT2D eigenvalue weighted by molar-refractivity contribution is -0.124. The summed E-state index contributed by atoms with van der Waals surface area (Å²) in [5, 5.41) is 14.9. The third-order valence-corrected chi connectivity index (χ3v) is 5.96. The molecule has 6 heteroatoms. The van der Waals surface area contributed by atoms with Crippen molar-refractivity contribution in [2.45, 2.75) is 38.5 Å². The van der Waals surface area contributed by atoms with Crippen LogP contribution in [0.25, 0.3) is 10.8 Å². The lowest BCUT2D eigenvalue weighted by Crippen LogP contribution is -2.48. The van der Waals surface area contributed by atoms with E-state index in [9.17, 15) is 9.59 Å². The highest BCUT2D eigenvalue weighted by Gasteiger charge is 2.20. The van der Waals surface area contributed by atoms with Crippen LogP contribution in [-0.4, -0.2) is 37.0 Å². The quantitative estimate of drug-likeness (QED) is 0.503. The van der Waals surface area contributed by atoms with Gasteiger partial charge in [-0.05, 0) is 40.8 Å². The van der Waals surface area contributed by atoms with Crippen LogP contribution in [-0.2, 0) is 29.1 Å². The van der Waals surface area contributed by atoms with Crippen molar-refractivity contribution in [2.24, 2.45) is 0 Å². The predicted molar refractivity (Wildman–Crippen MR) is 127 cm³/mol. The molecule has 4 N–H and O–H groups in total. The van der Waals surface area contributed by atoms with Crippen LogP contribution in [0.1, 0.15) is 23.6 Å². The number of fused-ring (bicyclic) bond motifs is 6. The molecule has 0 unspecified atom stereocenters. The normalized spacial score (nSPS) is 20.7.